The average Bonchev–Trinajstić information content (AvgIpc) is 2.46. The summed E-state index contributed by atoms with van der Waals surface area (Å²) in [6.07, 6.45) is 1.01. The van der Waals surface area contributed by atoms with E-state index in [0.29, 0.717) is 24.6 Å². The van der Waals surface area contributed by atoms with Crippen LogP contribution < -0.4 is 0 Å². The lowest BCUT2D eigenvalue weighted by Gasteiger charge is -2.38. The molecule has 0 radical (unpaired) electrons. The van der Waals surface area contributed by atoms with Crippen LogP contribution in [0.25, 0.3) is 0 Å². The Morgan fingerprint density at radius 2 is 2.32 bits per heavy atom. The average molecular weight is 282 g/mol. The number of alkyl halides is 1. The van der Waals surface area contributed by atoms with Crippen LogP contribution in [0, 0.1) is 0 Å². The van der Waals surface area contributed by atoms with E-state index in [4.69, 9.17) is 16.3 Å². The van der Waals surface area contributed by atoms with Crippen molar-refractivity contribution in [3.63, 3.8) is 0 Å². The zero-order chi connectivity index (χ0) is 13.8. The van der Waals surface area contributed by atoms with E-state index in [1.165, 1.54) is 0 Å². The van der Waals surface area contributed by atoms with Crippen molar-refractivity contribution >= 4 is 17.5 Å². The number of nitrogens with zero attached hydrogens (tertiary/aromatic N) is 1. The Bertz CT molecular complexity index is 450. The van der Waals surface area contributed by atoms with E-state index < -0.39 is 0 Å². The van der Waals surface area contributed by atoms with Crippen molar-refractivity contribution in [3.8, 4) is 0 Å². The van der Waals surface area contributed by atoms with E-state index in [1.54, 1.807) is 0 Å². The molecule has 3 nitrogen and oxygen atoms in total. The molecule has 1 aromatic rings. The predicted octanol–water partition coefficient (Wildman–Crippen LogP) is 3.06. The first kappa shape index (κ1) is 14.4. The Balaban J connectivity index is 2.20. The van der Waals surface area contributed by atoms with E-state index in [2.05, 4.69) is 6.92 Å². The van der Waals surface area contributed by atoms with Crippen LogP contribution in [-0.4, -0.2) is 36.1 Å². The number of benzene rings is 1. The van der Waals surface area contributed by atoms with Crippen molar-refractivity contribution in [3.05, 3.63) is 35.4 Å². The number of amides is 1. The Labute approximate surface area is 119 Å². The molecular formula is C15H20ClNO2. The predicted molar refractivity (Wildman–Crippen MR) is 76.5 cm³/mol. The molecular weight excluding hydrogens is 262 g/mol. The third kappa shape index (κ3) is 3.28. The monoisotopic (exact) mass is 281 g/mol. The highest BCUT2D eigenvalue weighted by Crippen LogP contribution is 2.18. The van der Waals surface area contributed by atoms with Gasteiger partial charge in [-0.25, -0.2) is 0 Å². The van der Waals surface area contributed by atoms with Crippen molar-refractivity contribution in [2.24, 2.45) is 0 Å². The summed E-state index contributed by atoms with van der Waals surface area (Å²) in [6.45, 7) is 5.36. The number of morpholine rings is 1. The van der Waals surface area contributed by atoms with E-state index >= 15 is 0 Å². The maximum atomic E-state index is 12.6. The van der Waals surface area contributed by atoms with Gasteiger partial charge in [0.2, 0.25) is 0 Å². The van der Waals surface area contributed by atoms with Crippen LogP contribution in [0.2, 0.25) is 0 Å². The van der Waals surface area contributed by atoms with E-state index in [9.17, 15) is 4.79 Å². The lowest BCUT2D eigenvalue weighted by Crippen LogP contribution is -2.51. The zero-order valence-electron chi connectivity index (χ0n) is 11.4. The minimum Gasteiger partial charge on any atom is -0.375 e. The lowest BCUT2D eigenvalue weighted by atomic mass is 10.1. The van der Waals surface area contributed by atoms with Gasteiger partial charge in [-0.3, -0.25) is 4.79 Å². The molecule has 1 saturated heterocycles. The molecule has 1 fully saturated rings. The van der Waals surface area contributed by atoms with Gasteiger partial charge in [-0.05, 0) is 31.0 Å². The SMILES string of the molecule is CCC1COC(C)CN1C(=O)c1cccc(CCl)c1. The van der Waals surface area contributed by atoms with Crippen molar-refractivity contribution in [1.82, 2.24) is 4.90 Å². The number of carbonyl (C=O) groups is 1. The van der Waals surface area contributed by atoms with Crippen molar-refractivity contribution in [2.45, 2.75) is 38.3 Å². The first-order valence-electron chi connectivity index (χ1n) is 6.73. The summed E-state index contributed by atoms with van der Waals surface area (Å²) in [5.41, 5.74) is 1.69. The third-order valence-corrected chi connectivity index (χ3v) is 3.84. The van der Waals surface area contributed by atoms with Gasteiger partial charge in [0, 0.05) is 18.0 Å². The quantitative estimate of drug-likeness (QED) is 0.797. The normalized spacial score (nSPS) is 23.4. The highest BCUT2D eigenvalue weighted by atomic mass is 35.5. The summed E-state index contributed by atoms with van der Waals surface area (Å²) in [7, 11) is 0. The molecule has 0 saturated carbocycles. The van der Waals surface area contributed by atoms with Gasteiger partial charge in [-0.15, -0.1) is 11.6 Å². The second-order valence-electron chi connectivity index (χ2n) is 5.00. The van der Waals surface area contributed by atoms with Gasteiger partial charge in [0.05, 0.1) is 18.8 Å². The molecule has 104 valence electrons. The lowest BCUT2D eigenvalue weighted by molar-refractivity contribution is -0.0444. The topological polar surface area (TPSA) is 29.5 Å². The van der Waals surface area contributed by atoms with Gasteiger partial charge < -0.3 is 9.64 Å². The fourth-order valence-corrected chi connectivity index (χ4v) is 2.55. The van der Waals surface area contributed by atoms with Gasteiger partial charge >= 0.3 is 0 Å². The number of ether oxygens (including phenoxy) is 1. The molecule has 0 spiro atoms. The molecule has 2 rings (SSSR count). The standard InChI is InChI=1S/C15H20ClNO2/c1-3-14-10-19-11(2)9-17(14)15(18)13-6-4-5-12(7-13)8-16/h4-7,11,14H,3,8-10H2,1-2H3. The van der Waals surface area contributed by atoms with Crippen LogP contribution in [0.1, 0.15) is 36.2 Å². The van der Waals surface area contributed by atoms with Crippen LogP contribution >= 0.6 is 11.6 Å². The summed E-state index contributed by atoms with van der Waals surface area (Å²) in [6, 6.07) is 7.72. The molecule has 19 heavy (non-hydrogen) atoms. The fourth-order valence-electron chi connectivity index (χ4n) is 2.38. The van der Waals surface area contributed by atoms with Gasteiger partial charge in [0.1, 0.15) is 0 Å². The molecule has 0 aromatic heterocycles. The molecule has 1 heterocycles. The van der Waals surface area contributed by atoms with Crippen LogP contribution in [0.3, 0.4) is 0 Å². The number of hydrogen-bond donors (Lipinski definition) is 0. The number of halogens is 1. The first-order valence-corrected chi connectivity index (χ1v) is 7.26. The second-order valence-corrected chi connectivity index (χ2v) is 5.26. The summed E-state index contributed by atoms with van der Waals surface area (Å²) < 4.78 is 5.63. The van der Waals surface area contributed by atoms with Crippen LogP contribution in [-0.2, 0) is 10.6 Å². The Kier molecular flexibility index (Phi) is 4.83. The molecule has 0 aliphatic carbocycles. The molecule has 1 aliphatic rings. The number of carbonyl (C=O) groups excluding carboxylic acids is 1. The molecule has 1 aromatic carbocycles. The minimum absolute atomic E-state index is 0.0777. The van der Waals surface area contributed by atoms with E-state index in [1.807, 2.05) is 36.1 Å². The molecule has 1 amide bonds. The van der Waals surface area contributed by atoms with Gasteiger partial charge in [0.25, 0.3) is 5.91 Å². The van der Waals surface area contributed by atoms with Crippen LogP contribution in [0.4, 0.5) is 0 Å². The third-order valence-electron chi connectivity index (χ3n) is 3.53. The van der Waals surface area contributed by atoms with Gasteiger partial charge in [-0.2, -0.15) is 0 Å². The Morgan fingerprint density at radius 1 is 1.53 bits per heavy atom. The fraction of sp³-hybridized carbons (Fsp3) is 0.533. The summed E-state index contributed by atoms with van der Waals surface area (Å²) in [4.78, 5) is 14.5. The maximum Gasteiger partial charge on any atom is 0.254 e. The molecule has 2 unspecified atom stereocenters. The van der Waals surface area contributed by atoms with Crippen LogP contribution in [0.5, 0.6) is 0 Å². The van der Waals surface area contributed by atoms with Crippen molar-refractivity contribution in [2.75, 3.05) is 13.2 Å². The zero-order valence-corrected chi connectivity index (χ0v) is 12.2. The number of rotatable bonds is 3. The highest BCUT2D eigenvalue weighted by Gasteiger charge is 2.29. The van der Waals surface area contributed by atoms with Gasteiger partial charge in [-0.1, -0.05) is 19.1 Å². The van der Waals surface area contributed by atoms with Crippen molar-refractivity contribution < 1.29 is 9.53 Å². The molecule has 2 atom stereocenters. The summed E-state index contributed by atoms with van der Waals surface area (Å²) >= 11 is 5.82. The van der Waals surface area contributed by atoms with Crippen molar-refractivity contribution in [1.29, 1.82) is 0 Å². The van der Waals surface area contributed by atoms with Gasteiger partial charge in [0.15, 0.2) is 0 Å². The van der Waals surface area contributed by atoms with Crippen LogP contribution in [0.15, 0.2) is 24.3 Å². The largest absolute Gasteiger partial charge is 0.375 e. The highest BCUT2D eigenvalue weighted by molar-refractivity contribution is 6.17. The summed E-state index contributed by atoms with van der Waals surface area (Å²) in [5.74, 6) is 0.506. The smallest absolute Gasteiger partial charge is 0.254 e. The molecule has 4 heteroatoms. The Morgan fingerprint density at radius 3 is 3.00 bits per heavy atom. The van der Waals surface area contributed by atoms with E-state index in [-0.39, 0.29) is 18.1 Å². The molecule has 1 aliphatic heterocycles. The maximum absolute atomic E-state index is 12.6. The van der Waals surface area contributed by atoms with E-state index in [0.717, 1.165) is 12.0 Å². The Hall–Kier alpha value is -1.06. The second kappa shape index (κ2) is 6.40. The number of hydrogen-bond acceptors (Lipinski definition) is 2. The molecule has 0 N–H and O–H groups in total. The minimum atomic E-state index is 0.0777. The molecule has 0 bridgehead atoms. The summed E-state index contributed by atoms with van der Waals surface area (Å²) in [5, 5.41) is 0. The first-order chi connectivity index (χ1) is 9.15.